The number of furan rings is 1. The Labute approximate surface area is 387 Å². The molecule has 0 atom stereocenters. The molecule has 0 aliphatic carbocycles. The molecule has 6 aromatic carbocycles. The molecule has 0 aliphatic heterocycles. The molecule has 0 N–H and O–H groups in total. The van der Waals surface area contributed by atoms with Crippen LogP contribution in [0.4, 0.5) is 0 Å². The number of fused-ring (bicyclic) bond motifs is 5. The number of pyridine rings is 2. The number of para-hydroxylation sites is 2. The largest absolute Gasteiger partial charge is 0.486 e. The number of aryl methyl sites for hydroxylation is 2. The standard InChI is InChI=1S/C41H34N3O.C15H18GeN.Ir/c1-24(2)34-22-30(29-19-18-27-11-6-7-12-28(27)21-29)23-35(25(3)4)38(34)44-37-16-9-8-15-36(37)43-40(44)33-14-10-13-31-32-20-17-26(5)42-41(32)45-39(31)33;1-12-5-7-13(8-6-12)15-10-9-14(11-17-15)16(2,3)4;/h6-13,15-25H,1-5H3;5-7,9-11H,1-4H3;/q2*-1;. The first-order valence-corrected chi connectivity index (χ1v) is 29.0. The molecule has 4 aromatic heterocycles. The van der Waals surface area contributed by atoms with E-state index in [1.807, 2.05) is 31.3 Å². The van der Waals surface area contributed by atoms with Crippen molar-refractivity contribution in [2.45, 2.75) is 70.6 Å². The average molecular weight is 1060 g/mol. The Hall–Kier alpha value is -5.66. The maximum Gasteiger partial charge on any atom is 0.216 e. The van der Waals surface area contributed by atoms with Crippen LogP contribution >= 0.6 is 0 Å². The van der Waals surface area contributed by atoms with Crippen molar-refractivity contribution in [2.24, 2.45) is 0 Å². The summed E-state index contributed by atoms with van der Waals surface area (Å²) in [5.41, 5.74) is 14.7. The van der Waals surface area contributed by atoms with Gasteiger partial charge in [-0.15, -0.1) is 18.2 Å². The van der Waals surface area contributed by atoms with Crippen molar-refractivity contribution < 1.29 is 24.5 Å². The van der Waals surface area contributed by atoms with E-state index >= 15 is 0 Å². The molecule has 10 rings (SSSR count). The summed E-state index contributed by atoms with van der Waals surface area (Å²) < 4.78 is 10.3. The fourth-order valence-corrected chi connectivity index (χ4v) is 10.5. The Morgan fingerprint density at radius 3 is 2.08 bits per heavy atom. The van der Waals surface area contributed by atoms with E-state index in [9.17, 15) is 0 Å². The van der Waals surface area contributed by atoms with E-state index < -0.39 is 13.3 Å². The van der Waals surface area contributed by atoms with E-state index in [-0.39, 0.29) is 31.9 Å². The molecule has 0 saturated heterocycles. The number of rotatable bonds is 7. The van der Waals surface area contributed by atoms with Crippen molar-refractivity contribution in [1.82, 2.24) is 19.5 Å². The van der Waals surface area contributed by atoms with Crippen LogP contribution < -0.4 is 4.40 Å². The minimum atomic E-state index is -1.73. The van der Waals surface area contributed by atoms with Crippen molar-refractivity contribution >= 4 is 61.5 Å². The Morgan fingerprint density at radius 2 is 1.40 bits per heavy atom. The van der Waals surface area contributed by atoms with E-state index in [2.05, 4.69) is 189 Å². The number of imidazole rings is 1. The van der Waals surface area contributed by atoms with Gasteiger partial charge in [0.15, 0.2) is 0 Å². The summed E-state index contributed by atoms with van der Waals surface area (Å²) in [6.07, 6.45) is 2.04. The molecule has 0 amide bonds. The van der Waals surface area contributed by atoms with Crippen LogP contribution in [-0.2, 0) is 20.1 Å². The van der Waals surface area contributed by atoms with Gasteiger partial charge in [0.1, 0.15) is 0 Å². The molecule has 63 heavy (non-hydrogen) atoms. The third-order valence-electron chi connectivity index (χ3n) is 11.8. The van der Waals surface area contributed by atoms with Crippen LogP contribution in [-0.4, -0.2) is 32.8 Å². The Morgan fingerprint density at radius 1 is 0.667 bits per heavy atom. The molecule has 0 spiro atoms. The van der Waals surface area contributed by atoms with E-state index in [0.717, 1.165) is 55.7 Å². The number of aromatic nitrogens is 4. The number of benzene rings is 6. The summed E-state index contributed by atoms with van der Waals surface area (Å²) >= 11 is -1.73. The average Bonchev–Trinajstić information content (AvgIpc) is 3.84. The fourth-order valence-electron chi connectivity index (χ4n) is 8.31. The Kier molecular flexibility index (Phi) is 12.5. The van der Waals surface area contributed by atoms with E-state index in [4.69, 9.17) is 14.4 Å². The normalized spacial score (nSPS) is 11.7. The summed E-state index contributed by atoms with van der Waals surface area (Å²) in [4.78, 5) is 14.5. The van der Waals surface area contributed by atoms with Crippen molar-refractivity contribution in [1.29, 1.82) is 0 Å². The first-order chi connectivity index (χ1) is 29.8. The van der Waals surface area contributed by atoms with Crippen LogP contribution in [0, 0.1) is 26.0 Å². The summed E-state index contributed by atoms with van der Waals surface area (Å²) in [5.74, 6) is 8.51. The van der Waals surface area contributed by atoms with Gasteiger partial charge in [-0.1, -0.05) is 87.2 Å². The van der Waals surface area contributed by atoms with E-state index in [1.54, 1.807) is 0 Å². The monoisotopic (exact) mass is 1060 g/mol. The molecule has 0 fully saturated rings. The molecular formula is C56H52GeIrN4O-2. The summed E-state index contributed by atoms with van der Waals surface area (Å²) in [6, 6.07) is 54.0. The SMILES string of the molecule is Cc1c[c-]c(-c2cc[c]([Ge]([CH3])([CH3])[CH3])cn2)cc1.Cc1ccc2c(n1)oc1c(-c3nc4ccccc4n3-c3c(C(C)C)cc(-c4ccc5ccccc5c4)cc3C(C)C)[c-]ccc12.[Ir]. The maximum atomic E-state index is 6.48. The van der Waals surface area contributed by atoms with Gasteiger partial charge in [-0.2, -0.15) is 0 Å². The Balaban J connectivity index is 0.000000255. The van der Waals surface area contributed by atoms with Crippen molar-refractivity contribution in [2.75, 3.05) is 0 Å². The topological polar surface area (TPSA) is 56.7 Å². The van der Waals surface area contributed by atoms with Crippen molar-refractivity contribution in [3.63, 3.8) is 0 Å². The molecule has 7 heteroatoms. The molecule has 0 unspecified atom stereocenters. The van der Waals surface area contributed by atoms with Crippen LogP contribution in [0.15, 0.2) is 144 Å². The number of nitrogens with zero attached hydrogens (tertiary/aromatic N) is 4. The second-order valence-corrected chi connectivity index (χ2v) is 28.8. The number of hydrogen-bond donors (Lipinski definition) is 0. The predicted molar refractivity (Wildman–Crippen MR) is 262 cm³/mol. The molecule has 0 aliphatic rings. The van der Waals surface area contributed by atoms with Crippen molar-refractivity contribution in [3.05, 3.63) is 174 Å². The molecule has 4 heterocycles. The fraction of sp³-hybridized carbons (Fsp3) is 0.196. The van der Waals surface area contributed by atoms with E-state index in [0.29, 0.717) is 5.71 Å². The summed E-state index contributed by atoms with van der Waals surface area (Å²) in [5, 5.41) is 4.52. The van der Waals surface area contributed by atoms with Crippen LogP contribution in [0.2, 0.25) is 17.3 Å². The second kappa shape index (κ2) is 17.8. The minimum Gasteiger partial charge on any atom is -0.486 e. The van der Waals surface area contributed by atoms with Crippen LogP contribution in [0.1, 0.15) is 61.9 Å². The molecule has 5 nitrogen and oxygen atoms in total. The first kappa shape index (κ1) is 44.0. The van der Waals surface area contributed by atoms with Gasteiger partial charge in [-0.25, -0.2) is 4.98 Å². The smallest absolute Gasteiger partial charge is 0.216 e. The summed E-state index contributed by atoms with van der Waals surface area (Å²) in [6.45, 7) is 13.2. The van der Waals surface area contributed by atoms with E-state index in [1.165, 1.54) is 48.7 Å². The maximum absolute atomic E-state index is 6.48. The van der Waals surface area contributed by atoms with Gasteiger partial charge in [0.25, 0.3) is 0 Å². The zero-order valence-corrected chi connectivity index (χ0v) is 42.0. The zero-order chi connectivity index (χ0) is 43.3. The zero-order valence-electron chi connectivity index (χ0n) is 37.5. The van der Waals surface area contributed by atoms with Gasteiger partial charge in [-0.3, -0.25) is 4.98 Å². The van der Waals surface area contributed by atoms with Gasteiger partial charge in [0.05, 0.1) is 22.4 Å². The molecule has 0 saturated carbocycles. The predicted octanol–water partition coefficient (Wildman–Crippen LogP) is 14.6. The van der Waals surface area contributed by atoms with Crippen molar-refractivity contribution in [3.8, 4) is 39.5 Å². The van der Waals surface area contributed by atoms with Crippen LogP contribution in [0.25, 0.3) is 83.3 Å². The minimum absolute atomic E-state index is 0. The third-order valence-corrected chi connectivity index (χ3v) is 16.1. The molecule has 0 bridgehead atoms. The van der Waals surface area contributed by atoms with Gasteiger partial charge in [0, 0.05) is 36.9 Å². The molecule has 10 aromatic rings. The molecule has 317 valence electrons. The molecule has 1 radical (unpaired) electrons. The summed E-state index contributed by atoms with van der Waals surface area (Å²) in [7, 11) is 0. The third kappa shape index (κ3) is 8.69. The second-order valence-electron chi connectivity index (χ2n) is 18.1. The first-order valence-electron chi connectivity index (χ1n) is 21.6. The van der Waals surface area contributed by atoms with Crippen LogP contribution in [0.3, 0.4) is 0 Å². The van der Waals surface area contributed by atoms with Crippen LogP contribution in [0.5, 0.6) is 0 Å². The van der Waals surface area contributed by atoms with Gasteiger partial charge >= 0.3 is 106 Å². The Bertz CT molecular complexity index is 3220. The number of hydrogen-bond acceptors (Lipinski definition) is 4. The van der Waals surface area contributed by atoms with Gasteiger partial charge in [0.2, 0.25) is 5.71 Å². The molecular weight excluding hydrogens is 1010 g/mol. The quantitative estimate of drug-likeness (QED) is 0.118. The van der Waals surface area contributed by atoms with Gasteiger partial charge < -0.3 is 8.98 Å². The van der Waals surface area contributed by atoms with Gasteiger partial charge in [-0.05, 0) is 94.3 Å².